The van der Waals surface area contributed by atoms with Crippen LogP contribution >= 0.6 is 15.8 Å². The van der Waals surface area contributed by atoms with Crippen LogP contribution in [-0.4, -0.2) is 11.3 Å². The van der Waals surface area contributed by atoms with Gasteiger partial charge in [0.2, 0.25) is 0 Å². The molecule has 0 spiro atoms. The van der Waals surface area contributed by atoms with Gasteiger partial charge in [-0.15, -0.1) is 0 Å². The first-order valence-electron chi connectivity index (χ1n) is 16.7. The number of benzene rings is 4. The summed E-state index contributed by atoms with van der Waals surface area (Å²) in [5.41, 5.74) is 16.0. The minimum atomic E-state index is -0.567. The van der Waals surface area contributed by atoms with Crippen LogP contribution in [0.4, 0.5) is 0 Å². The van der Waals surface area contributed by atoms with Crippen LogP contribution in [0.25, 0.3) is 0 Å². The monoisotopic (exact) mass is 616 g/mol. The van der Waals surface area contributed by atoms with E-state index in [1.165, 1.54) is 83.0 Å². The molecule has 0 N–H and O–H groups in total. The number of hydrogen-bond acceptors (Lipinski definition) is 0. The van der Waals surface area contributed by atoms with Crippen molar-refractivity contribution >= 4 is 37.1 Å². The molecule has 0 aliphatic heterocycles. The SMILES string of the molecule is Cc1cc(C)cc(P(c2cc(C)cc(C)c2)C2CC3=C(CCCC3)CC2P(c2cc(C)cc(C)c2)c2cc(C)cc(C)c2)c1. The fourth-order valence-electron chi connectivity index (χ4n) is 8.25. The molecule has 0 heterocycles. The van der Waals surface area contributed by atoms with Crippen molar-refractivity contribution in [3.8, 4) is 0 Å². The normalized spacial score (nSPS) is 18.7. The molecule has 0 saturated carbocycles. The van der Waals surface area contributed by atoms with E-state index in [4.69, 9.17) is 0 Å². The number of rotatable bonds is 6. The van der Waals surface area contributed by atoms with Gasteiger partial charge in [-0.25, -0.2) is 0 Å². The summed E-state index contributed by atoms with van der Waals surface area (Å²) in [6, 6.07) is 29.7. The Morgan fingerprint density at radius 1 is 0.364 bits per heavy atom. The maximum atomic E-state index is 2.54. The fraction of sp³-hybridized carbons (Fsp3) is 0.381. The van der Waals surface area contributed by atoms with Crippen molar-refractivity contribution in [2.45, 2.75) is 105 Å². The van der Waals surface area contributed by atoms with E-state index < -0.39 is 15.8 Å². The van der Waals surface area contributed by atoms with E-state index in [9.17, 15) is 0 Å². The van der Waals surface area contributed by atoms with Crippen molar-refractivity contribution in [2.24, 2.45) is 0 Å². The number of allylic oxidation sites excluding steroid dienone is 2. The zero-order valence-corrected chi connectivity index (χ0v) is 30.0. The number of aryl methyl sites for hydroxylation is 8. The Bertz CT molecular complexity index is 1410. The van der Waals surface area contributed by atoms with Crippen LogP contribution in [-0.2, 0) is 0 Å². The Labute approximate surface area is 269 Å². The van der Waals surface area contributed by atoms with E-state index in [0.717, 1.165) is 0 Å². The summed E-state index contributed by atoms with van der Waals surface area (Å²) in [6.45, 7) is 18.4. The fourth-order valence-corrected chi connectivity index (χ4v) is 15.6. The standard InChI is InChI=1S/C42H50P2/c1-27-13-28(2)18-37(17-27)43(38-19-29(3)14-30(4)20-38)41-25-35-11-9-10-12-36(35)26-42(41)44(39-21-31(5)15-32(6)22-39)40-23-33(7)16-34(8)24-40/h13-24,41-42H,9-12,25-26H2,1-8H3. The van der Waals surface area contributed by atoms with Crippen molar-refractivity contribution < 1.29 is 0 Å². The van der Waals surface area contributed by atoms with Crippen molar-refractivity contribution in [1.29, 1.82) is 0 Å². The predicted molar refractivity (Wildman–Crippen MR) is 198 cm³/mol. The van der Waals surface area contributed by atoms with E-state index in [-0.39, 0.29) is 0 Å². The second kappa shape index (κ2) is 13.1. The lowest BCUT2D eigenvalue weighted by atomic mass is 9.82. The van der Waals surface area contributed by atoms with Crippen LogP contribution in [0.2, 0.25) is 0 Å². The minimum absolute atomic E-state index is 0.567. The molecule has 228 valence electrons. The van der Waals surface area contributed by atoms with Crippen LogP contribution in [0.3, 0.4) is 0 Å². The van der Waals surface area contributed by atoms with E-state index in [0.29, 0.717) is 11.3 Å². The van der Waals surface area contributed by atoms with Crippen molar-refractivity contribution in [3.05, 3.63) is 128 Å². The Hall–Kier alpha value is -2.52. The van der Waals surface area contributed by atoms with Gasteiger partial charge in [0.05, 0.1) is 0 Å². The van der Waals surface area contributed by atoms with Gasteiger partial charge in [-0.1, -0.05) is 128 Å². The lowest BCUT2D eigenvalue weighted by Crippen LogP contribution is -2.39. The first-order valence-corrected chi connectivity index (χ1v) is 19.5. The molecule has 0 nitrogen and oxygen atoms in total. The molecule has 0 aromatic heterocycles. The van der Waals surface area contributed by atoms with Gasteiger partial charge >= 0.3 is 0 Å². The molecule has 0 bridgehead atoms. The highest BCUT2D eigenvalue weighted by atomic mass is 31.1. The van der Waals surface area contributed by atoms with Gasteiger partial charge < -0.3 is 0 Å². The zero-order valence-electron chi connectivity index (χ0n) is 28.2. The van der Waals surface area contributed by atoms with Gasteiger partial charge in [0.1, 0.15) is 0 Å². The third kappa shape index (κ3) is 6.84. The highest BCUT2D eigenvalue weighted by Gasteiger charge is 2.42. The molecule has 44 heavy (non-hydrogen) atoms. The van der Waals surface area contributed by atoms with Gasteiger partial charge in [-0.3, -0.25) is 0 Å². The molecule has 6 rings (SSSR count). The lowest BCUT2D eigenvalue weighted by Gasteiger charge is -2.45. The average Bonchev–Trinajstić information content (AvgIpc) is 2.91. The first-order chi connectivity index (χ1) is 21.0. The van der Waals surface area contributed by atoms with Crippen LogP contribution in [0, 0.1) is 55.4 Å². The van der Waals surface area contributed by atoms with E-state index >= 15 is 0 Å². The summed E-state index contributed by atoms with van der Waals surface area (Å²) >= 11 is 0. The highest BCUT2D eigenvalue weighted by Crippen LogP contribution is 2.59. The topological polar surface area (TPSA) is 0 Å². The molecular formula is C42H50P2. The summed E-state index contributed by atoms with van der Waals surface area (Å²) in [5.74, 6) is 0. The lowest BCUT2D eigenvalue weighted by molar-refractivity contribution is 0.569. The molecule has 0 radical (unpaired) electrons. The molecule has 4 aromatic rings. The van der Waals surface area contributed by atoms with Crippen molar-refractivity contribution in [3.63, 3.8) is 0 Å². The summed E-state index contributed by atoms with van der Waals surface area (Å²) in [5, 5.41) is 6.31. The van der Waals surface area contributed by atoms with E-state index in [1.54, 1.807) is 21.2 Å². The van der Waals surface area contributed by atoms with Gasteiger partial charge in [-0.05, 0) is 142 Å². The van der Waals surface area contributed by atoms with E-state index in [2.05, 4.69) is 128 Å². The van der Waals surface area contributed by atoms with Gasteiger partial charge in [-0.2, -0.15) is 0 Å². The van der Waals surface area contributed by atoms with Gasteiger partial charge in [0, 0.05) is 0 Å². The summed E-state index contributed by atoms with van der Waals surface area (Å²) in [6.07, 6.45) is 7.88. The molecule has 2 atom stereocenters. The summed E-state index contributed by atoms with van der Waals surface area (Å²) in [4.78, 5) is 0. The Kier molecular flexibility index (Phi) is 9.35. The molecule has 0 fully saturated rings. The Morgan fingerprint density at radius 2 is 0.591 bits per heavy atom. The average molecular weight is 617 g/mol. The molecule has 2 unspecified atom stereocenters. The first kappa shape index (κ1) is 31.5. The number of hydrogen-bond donors (Lipinski definition) is 0. The maximum absolute atomic E-state index is 2.54. The molecule has 2 aliphatic carbocycles. The maximum Gasteiger partial charge on any atom is -0.00147 e. The van der Waals surface area contributed by atoms with Gasteiger partial charge in [0.15, 0.2) is 0 Å². The second-order valence-corrected chi connectivity index (χ2v) is 19.0. The largest absolute Gasteiger partial charge is 0.0703 e. The molecule has 0 saturated heterocycles. The zero-order chi connectivity index (χ0) is 31.1. The van der Waals surface area contributed by atoms with Crippen LogP contribution < -0.4 is 21.2 Å². The van der Waals surface area contributed by atoms with Crippen molar-refractivity contribution in [1.82, 2.24) is 0 Å². The Balaban J connectivity index is 1.62. The predicted octanol–water partition coefficient (Wildman–Crippen LogP) is 10.1. The van der Waals surface area contributed by atoms with Crippen LogP contribution in [0.15, 0.2) is 83.9 Å². The second-order valence-electron chi connectivity index (χ2n) is 14.1. The van der Waals surface area contributed by atoms with E-state index in [1.807, 2.05) is 11.1 Å². The molecule has 0 amide bonds. The van der Waals surface area contributed by atoms with Gasteiger partial charge in [0.25, 0.3) is 0 Å². The summed E-state index contributed by atoms with van der Waals surface area (Å²) in [7, 11) is -1.13. The highest BCUT2D eigenvalue weighted by molar-refractivity contribution is 7.77. The molecule has 4 aromatic carbocycles. The van der Waals surface area contributed by atoms with Crippen LogP contribution in [0.1, 0.15) is 83.0 Å². The molecule has 2 aliphatic rings. The third-order valence-corrected chi connectivity index (χ3v) is 15.6. The summed E-state index contributed by atoms with van der Waals surface area (Å²) < 4.78 is 0. The quantitative estimate of drug-likeness (QED) is 0.149. The smallest absolute Gasteiger partial charge is 0.00147 e. The van der Waals surface area contributed by atoms with Crippen LogP contribution in [0.5, 0.6) is 0 Å². The van der Waals surface area contributed by atoms with Crippen molar-refractivity contribution in [2.75, 3.05) is 0 Å². The Morgan fingerprint density at radius 3 is 0.818 bits per heavy atom. The third-order valence-electron chi connectivity index (χ3n) is 9.66. The minimum Gasteiger partial charge on any atom is -0.0703 e. The molecule has 2 heteroatoms. The molecular weight excluding hydrogens is 566 g/mol.